The summed E-state index contributed by atoms with van der Waals surface area (Å²) in [4.78, 5) is 0. The lowest BCUT2D eigenvalue weighted by Crippen LogP contribution is -2.08. The summed E-state index contributed by atoms with van der Waals surface area (Å²) in [7, 11) is 0. The van der Waals surface area contributed by atoms with Crippen LogP contribution in [0.1, 0.15) is 12.5 Å². The van der Waals surface area contributed by atoms with Crippen molar-refractivity contribution in [2.75, 3.05) is 19.0 Å². The fraction of sp³-hybridized carbons (Fsp3) is 0.500. The molecule has 0 fully saturated rings. The third kappa shape index (κ3) is 6.07. The first kappa shape index (κ1) is 16.0. The van der Waals surface area contributed by atoms with Crippen LogP contribution >= 0.6 is 11.8 Å². The summed E-state index contributed by atoms with van der Waals surface area (Å²) in [5, 5.41) is 9.00. The largest absolute Gasteiger partial charge is 0.490 e. The van der Waals surface area contributed by atoms with Crippen LogP contribution in [0.3, 0.4) is 0 Å². The van der Waals surface area contributed by atoms with Crippen molar-refractivity contribution in [2.24, 2.45) is 0 Å². The van der Waals surface area contributed by atoms with Crippen LogP contribution in [0.25, 0.3) is 0 Å². The third-order valence-corrected chi connectivity index (χ3v) is 2.80. The highest BCUT2D eigenvalue weighted by Crippen LogP contribution is 2.31. The van der Waals surface area contributed by atoms with Gasteiger partial charge >= 0.3 is 5.51 Å². The molecule has 0 aliphatic carbocycles. The number of hydrogen-bond donors (Lipinski definition) is 1. The lowest BCUT2D eigenvalue weighted by Gasteiger charge is -2.13. The predicted octanol–water partition coefficient (Wildman–Crippen LogP) is 3.21. The van der Waals surface area contributed by atoms with E-state index in [-0.39, 0.29) is 30.7 Å². The molecular formula is C12H15F3O3S. The number of halogens is 3. The van der Waals surface area contributed by atoms with Crippen molar-refractivity contribution in [1.29, 1.82) is 0 Å². The molecule has 108 valence electrons. The lowest BCUT2D eigenvalue weighted by molar-refractivity contribution is -0.0329. The second-order valence-electron chi connectivity index (χ2n) is 3.51. The molecule has 1 N–H and O–H groups in total. The van der Waals surface area contributed by atoms with Crippen LogP contribution in [0.4, 0.5) is 13.2 Å². The monoisotopic (exact) mass is 296 g/mol. The Balaban J connectivity index is 2.56. The summed E-state index contributed by atoms with van der Waals surface area (Å²) in [5.41, 5.74) is -3.59. The van der Waals surface area contributed by atoms with E-state index in [1.165, 1.54) is 0 Å². The molecule has 0 spiro atoms. The molecule has 0 bridgehead atoms. The number of benzene rings is 1. The lowest BCUT2D eigenvalue weighted by atomic mass is 10.2. The number of alkyl halides is 3. The summed E-state index contributed by atoms with van der Waals surface area (Å²) in [6.07, 6.45) is 0. The SMILES string of the molecule is CCOc1cc(CO)ccc1OCCSC(F)(F)F. The maximum atomic E-state index is 11.9. The zero-order chi connectivity index (χ0) is 14.3. The van der Waals surface area contributed by atoms with Crippen LogP contribution in [0.2, 0.25) is 0 Å². The number of aliphatic hydroxyl groups excluding tert-OH is 1. The molecule has 0 heterocycles. The van der Waals surface area contributed by atoms with Gasteiger partial charge in [-0.2, -0.15) is 13.2 Å². The Bertz CT molecular complexity index is 396. The molecule has 0 saturated carbocycles. The molecule has 0 amide bonds. The molecule has 19 heavy (non-hydrogen) atoms. The van der Waals surface area contributed by atoms with Crippen molar-refractivity contribution in [1.82, 2.24) is 0 Å². The third-order valence-electron chi connectivity index (χ3n) is 2.10. The first-order valence-electron chi connectivity index (χ1n) is 5.66. The van der Waals surface area contributed by atoms with Crippen LogP contribution < -0.4 is 9.47 Å². The van der Waals surface area contributed by atoms with Gasteiger partial charge in [0.15, 0.2) is 11.5 Å². The van der Waals surface area contributed by atoms with Gasteiger partial charge in [0, 0.05) is 5.75 Å². The van der Waals surface area contributed by atoms with Gasteiger partial charge in [-0.3, -0.25) is 0 Å². The van der Waals surface area contributed by atoms with Crippen molar-refractivity contribution >= 4 is 11.8 Å². The normalized spacial score (nSPS) is 11.4. The maximum absolute atomic E-state index is 11.9. The molecule has 1 rings (SSSR count). The molecule has 0 radical (unpaired) electrons. The Kier molecular flexibility index (Phi) is 6.30. The number of aliphatic hydroxyl groups is 1. The Hall–Kier alpha value is -1.08. The highest BCUT2D eigenvalue weighted by Gasteiger charge is 2.27. The Morgan fingerprint density at radius 3 is 2.53 bits per heavy atom. The minimum Gasteiger partial charge on any atom is -0.490 e. The number of rotatable bonds is 7. The van der Waals surface area contributed by atoms with E-state index in [9.17, 15) is 13.2 Å². The first-order chi connectivity index (χ1) is 8.96. The molecule has 1 aromatic carbocycles. The molecular weight excluding hydrogens is 281 g/mol. The minimum absolute atomic E-state index is 0.0667. The predicted molar refractivity (Wildman–Crippen MR) is 67.5 cm³/mol. The Morgan fingerprint density at radius 1 is 1.21 bits per heavy atom. The molecule has 0 aliphatic heterocycles. The fourth-order valence-corrected chi connectivity index (χ4v) is 1.75. The first-order valence-corrected chi connectivity index (χ1v) is 6.65. The second kappa shape index (κ2) is 7.49. The average Bonchev–Trinajstić information content (AvgIpc) is 2.35. The van der Waals surface area contributed by atoms with E-state index in [2.05, 4.69) is 0 Å². The van der Waals surface area contributed by atoms with Crippen molar-refractivity contribution in [3.63, 3.8) is 0 Å². The molecule has 0 saturated heterocycles. The van der Waals surface area contributed by atoms with Gasteiger partial charge in [-0.1, -0.05) is 6.07 Å². The van der Waals surface area contributed by atoms with E-state index in [1.54, 1.807) is 25.1 Å². The summed E-state index contributed by atoms with van der Waals surface area (Å²) in [5.74, 6) is 0.615. The van der Waals surface area contributed by atoms with E-state index in [4.69, 9.17) is 14.6 Å². The quantitative estimate of drug-likeness (QED) is 0.784. The van der Waals surface area contributed by atoms with E-state index in [0.29, 0.717) is 23.7 Å². The Labute approximate surface area is 113 Å². The highest BCUT2D eigenvalue weighted by atomic mass is 32.2. The number of hydrogen-bond acceptors (Lipinski definition) is 4. The van der Waals surface area contributed by atoms with Gasteiger partial charge in [-0.05, 0) is 36.4 Å². The summed E-state index contributed by atoms with van der Waals surface area (Å²) < 4.78 is 46.4. The second-order valence-corrected chi connectivity index (χ2v) is 4.67. The smallest absolute Gasteiger partial charge is 0.441 e. The molecule has 7 heteroatoms. The van der Waals surface area contributed by atoms with Crippen molar-refractivity contribution < 1.29 is 27.8 Å². The minimum atomic E-state index is -4.24. The van der Waals surface area contributed by atoms with Gasteiger partial charge in [0.1, 0.15) is 0 Å². The zero-order valence-corrected chi connectivity index (χ0v) is 11.2. The van der Waals surface area contributed by atoms with Crippen LogP contribution in [0.15, 0.2) is 18.2 Å². The molecule has 0 aliphatic rings. The average molecular weight is 296 g/mol. The standard InChI is InChI=1S/C12H15F3O3S/c1-2-17-11-7-9(8-16)3-4-10(11)18-5-6-19-12(13,14)15/h3-4,7,16H,2,5-6,8H2,1H3. The molecule has 0 atom stereocenters. The van der Waals surface area contributed by atoms with Gasteiger partial charge in [0.05, 0.1) is 19.8 Å². The zero-order valence-electron chi connectivity index (χ0n) is 10.4. The van der Waals surface area contributed by atoms with E-state index in [1.807, 2.05) is 0 Å². The molecule has 0 aromatic heterocycles. The van der Waals surface area contributed by atoms with Gasteiger partial charge < -0.3 is 14.6 Å². The van der Waals surface area contributed by atoms with Gasteiger partial charge in [-0.25, -0.2) is 0 Å². The fourth-order valence-electron chi connectivity index (χ4n) is 1.35. The topological polar surface area (TPSA) is 38.7 Å². The van der Waals surface area contributed by atoms with E-state index >= 15 is 0 Å². The van der Waals surface area contributed by atoms with Gasteiger partial charge in [-0.15, -0.1) is 0 Å². The summed E-state index contributed by atoms with van der Waals surface area (Å²) in [6, 6.07) is 4.82. The molecule has 1 aromatic rings. The Morgan fingerprint density at radius 2 is 1.95 bits per heavy atom. The van der Waals surface area contributed by atoms with Crippen LogP contribution in [0, 0.1) is 0 Å². The van der Waals surface area contributed by atoms with Gasteiger partial charge in [0.25, 0.3) is 0 Å². The molecule has 3 nitrogen and oxygen atoms in total. The molecule has 0 unspecified atom stereocenters. The van der Waals surface area contributed by atoms with Crippen LogP contribution in [-0.4, -0.2) is 29.6 Å². The summed E-state index contributed by atoms with van der Waals surface area (Å²) in [6.45, 7) is 1.99. The van der Waals surface area contributed by atoms with Crippen molar-refractivity contribution in [2.45, 2.75) is 19.0 Å². The summed E-state index contributed by atoms with van der Waals surface area (Å²) >= 11 is -0.126. The maximum Gasteiger partial charge on any atom is 0.441 e. The van der Waals surface area contributed by atoms with Crippen molar-refractivity contribution in [3.05, 3.63) is 23.8 Å². The van der Waals surface area contributed by atoms with Crippen molar-refractivity contribution in [3.8, 4) is 11.5 Å². The van der Waals surface area contributed by atoms with E-state index < -0.39 is 5.51 Å². The van der Waals surface area contributed by atoms with Gasteiger partial charge in [0.2, 0.25) is 0 Å². The number of ether oxygens (including phenoxy) is 2. The van der Waals surface area contributed by atoms with Crippen LogP contribution in [0.5, 0.6) is 11.5 Å². The van der Waals surface area contributed by atoms with Crippen LogP contribution in [-0.2, 0) is 6.61 Å². The highest BCUT2D eigenvalue weighted by molar-refractivity contribution is 8.00. The van der Waals surface area contributed by atoms with E-state index in [0.717, 1.165) is 0 Å². The number of thioether (sulfide) groups is 1.